The van der Waals surface area contributed by atoms with E-state index in [2.05, 4.69) is 35.6 Å². The van der Waals surface area contributed by atoms with Crippen LogP contribution in [0.3, 0.4) is 0 Å². The van der Waals surface area contributed by atoms with Crippen LogP contribution in [0, 0.1) is 0 Å². The van der Waals surface area contributed by atoms with Gasteiger partial charge in [-0.1, -0.05) is 51.3 Å². The third-order valence-electron chi connectivity index (χ3n) is 5.52. The van der Waals surface area contributed by atoms with Crippen molar-refractivity contribution in [2.45, 2.75) is 52.9 Å². The van der Waals surface area contributed by atoms with Crippen molar-refractivity contribution in [1.29, 1.82) is 0 Å². The number of carbonyl (C=O) groups is 2. The highest BCUT2D eigenvalue weighted by Gasteiger charge is 2.28. The fraction of sp³-hybridized carbons (Fsp3) is 0.346. The lowest BCUT2D eigenvalue weighted by Crippen LogP contribution is -2.25. The standard InChI is InChI=1S/C26H32N4O2/c1-4-6-7-10-17-27-25(31)21-13-15-22(16-14-21)30-26(32)23(19(3)29-30)18-28-24-12-9-8-11-20(24)5-2/h8-9,11-16,18,28H,4-7,10,17H2,1-3H3,(H,27,31)/b23-18+. The number of hydrazone groups is 1. The number of para-hydroxylation sites is 1. The molecular formula is C26H32N4O2. The number of hydrogen-bond donors (Lipinski definition) is 2. The number of anilines is 2. The number of carbonyl (C=O) groups excluding carboxylic acids is 2. The molecule has 1 aliphatic rings. The second-order valence-electron chi connectivity index (χ2n) is 7.88. The zero-order valence-electron chi connectivity index (χ0n) is 19.1. The van der Waals surface area contributed by atoms with Gasteiger partial charge in [0.25, 0.3) is 11.8 Å². The summed E-state index contributed by atoms with van der Waals surface area (Å²) in [7, 11) is 0. The Morgan fingerprint density at radius 2 is 1.78 bits per heavy atom. The van der Waals surface area contributed by atoms with Crippen LogP contribution in [0.2, 0.25) is 0 Å². The van der Waals surface area contributed by atoms with Crippen LogP contribution in [-0.4, -0.2) is 24.1 Å². The molecule has 0 spiro atoms. The van der Waals surface area contributed by atoms with Crippen LogP contribution in [-0.2, 0) is 11.2 Å². The number of hydrogen-bond acceptors (Lipinski definition) is 4. The van der Waals surface area contributed by atoms with Gasteiger partial charge in [-0.3, -0.25) is 9.59 Å². The first-order chi connectivity index (χ1) is 15.5. The van der Waals surface area contributed by atoms with E-state index in [0.29, 0.717) is 29.1 Å². The first-order valence-electron chi connectivity index (χ1n) is 11.4. The van der Waals surface area contributed by atoms with E-state index < -0.39 is 0 Å². The third-order valence-corrected chi connectivity index (χ3v) is 5.52. The summed E-state index contributed by atoms with van der Waals surface area (Å²) in [5, 5.41) is 12.0. The molecule has 6 heteroatoms. The van der Waals surface area contributed by atoms with Gasteiger partial charge in [0.05, 0.1) is 17.0 Å². The molecular weight excluding hydrogens is 400 g/mol. The molecule has 0 unspecified atom stereocenters. The lowest BCUT2D eigenvalue weighted by atomic mass is 10.1. The fourth-order valence-corrected chi connectivity index (χ4v) is 3.59. The summed E-state index contributed by atoms with van der Waals surface area (Å²) >= 11 is 0. The van der Waals surface area contributed by atoms with Crippen molar-refractivity contribution < 1.29 is 9.59 Å². The molecule has 0 saturated heterocycles. The highest BCUT2D eigenvalue weighted by molar-refractivity contribution is 6.29. The van der Waals surface area contributed by atoms with Gasteiger partial charge in [-0.05, 0) is 55.7 Å². The molecule has 168 valence electrons. The summed E-state index contributed by atoms with van der Waals surface area (Å²) in [4.78, 5) is 25.3. The molecule has 0 saturated carbocycles. The maximum absolute atomic E-state index is 13.0. The number of rotatable bonds is 10. The molecule has 2 N–H and O–H groups in total. The number of unbranched alkanes of at least 4 members (excludes halogenated alkanes) is 3. The van der Waals surface area contributed by atoms with E-state index in [4.69, 9.17) is 0 Å². The molecule has 0 bridgehead atoms. The molecule has 3 rings (SSSR count). The first-order valence-corrected chi connectivity index (χ1v) is 11.4. The van der Waals surface area contributed by atoms with Crippen LogP contribution < -0.4 is 15.6 Å². The maximum Gasteiger partial charge on any atom is 0.282 e. The monoisotopic (exact) mass is 432 g/mol. The van der Waals surface area contributed by atoms with Gasteiger partial charge in [0, 0.05) is 24.0 Å². The van der Waals surface area contributed by atoms with E-state index in [1.807, 2.05) is 25.1 Å². The molecule has 0 radical (unpaired) electrons. The van der Waals surface area contributed by atoms with Gasteiger partial charge in [-0.2, -0.15) is 10.1 Å². The average Bonchev–Trinajstić information content (AvgIpc) is 3.10. The van der Waals surface area contributed by atoms with E-state index in [1.54, 1.807) is 30.5 Å². The minimum absolute atomic E-state index is 0.0974. The van der Waals surface area contributed by atoms with Gasteiger partial charge in [0.15, 0.2) is 0 Å². The second kappa shape index (κ2) is 11.3. The third kappa shape index (κ3) is 5.63. The first kappa shape index (κ1) is 23.3. The number of amides is 2. The largest absolute Gasteiger partial charge is 0.361 e. The summed E-state index contributed by atoms with van der Waals surface area (Å²) in [5.74, 6) is -0.294. The van der Waals surface area contributed by atoms with Crippen molar-refractivity contribution in [2.75, 3.05) is 16.9 Å². The van der Waals surface area contributed by atoms with Crippen molar-refractivity contribution in [2.24, 2.45) is 5.10 Å². The fourth-order valence-electron chi connectivity index (χ4n) is 3.59. The smallest absolute Gasteiger partial charge is 0.282 e. The Kier molecular flexibility index (Phi) is 8.20. The molecule has 2 aromatic rings. The predicted molar refractivity (Wildman–Crippen MR) is 131 cm³/mol. The molecule has 0 aromatic heterocycles. The van der Waals surface area contributed by atoms with Crippen molar-refractivity contribution in [3.05, 3.63) is 71.4 Å². The number of nitrogens with zero attached hydrogens (tertiary/aromatic N) is 2. The van der Waals surface area contributed by atoms with E-state index in [0.717, 1.165) is 24.9 Å². The summed E-state index contributed by atoms with van der Waals surface area (Å²) < 4.78 is 0. The minimum atomic E-state index is -0.197. The second-order valence-corrected chi connectivity index (χ2v) is 7.88. The predicted octanol–water partition coefficient (Wildman–Crippen LogP) is 5.28. The molecule has 32 heavy (non-hydrogen) atoms. The lowest BCUT2D eigenvalue weighted by molar-refractivity contribution is -0.114. The molecule has 1 heterocycles. The van der Waals surface area contributed by atoms with Gasteiger partial charge in [0.2, 0.25) is 0 Å². The maximum atomic E-state index is 13.0. The van der Waals surface area contributed by atoms with Gasteiger partial charge in [-0.25, -0.2) is 0 Å². The van der Waals surface area contributed by atoms with Crippen molar-refractivity contribution in [1.82, 2.24) is 5.32 Å². The lowest BCUT2D eigenvalue weighted by Gasteiger charge is -2.13. The molecule has 0 fully saturated rings. The van der Waals surface area contributed by atoms with Crippen LogP contribution in [0.5, 0.6) is 0 Å². The van der Waals surface area contributed by atoms with Gasteiger partial charge >= 0.3 is 0 Å². The zero-order valence-corrected chi connectivity index (χ0v) is 19.1. The Balaban J connectivity index is 1.64. The SMILES string of the molecule is CCCCCCNC(=O)c1ccc(N2N=C(C)/C(=C\Nc3ccccc3CC)C2=O)cc1. The van der Waals surface area contributed by atoms with Crippen molar-refractivity contribution in [3.63, 3.8) is 0 Å². The molecule has 1 aliphatic heterocycles. The van der Waals surface area contributed by atoms with Gasteiger partial charge in [0.1, 0.15) is 0 Å². The van der Waals surface area contributed by atoms with Crippen molar-refractivity contribution in [3.8, 4) is 0 Å². The quantitative estimate of drug-likeness (QED) is 0.396. The molecule has 2 amide bonds. The summed E-state index contributed by atoms with van der Waals surface area (Å²) in [6.07, 6.45) is 7.09. The van der Waals surface area contributed by atoms with Gasteiger partial charge < -0.3 is 10.6 Å². The summed E-state index contributed by atoms with van der Waals surface area (Å²) in [6, 6.07) is 15.0. The zero-order chi connectivity index (χ0) is 22.9. The number of benzene rings is 2. The highest BCUT2D eigenvalue weighted by atomic mass is 16.2. The van der Waals surface area contributed by atoms with Crippen LogP contribution in [0.25, 0.3) is 0 Å². The molecule has 6 nitrogen and oxygen atoms in total. The van der Waals surface area contributed by atoms with Gasteiger partial charge in [-0.15, -0.1) is 0 Å². The summed E-state index contributed by atoms with van der Waals surface area (Å²) in [6.45, 7) is 6.76. The Bertz CT molecular complexity index is 1010. The number of nitrogens with one attached hydrogen (secondary N) is 2. The average molecular weight is 433 g/mol. The van der Waals surface area contributed by atoms with E-state index >= 15 is 0 Å². The number of aryl methyl sites for hydroxylation is 1. The van der Waals surface area contributed by atoms with E-state index in [-0.39, 0.29) is 11.8 Å². The Morgan fingerprint density at radius 1 is 1.03 bits per heavy atom. The van der Waals surface area contributed by atoms with Crippen molar-refractivity contribution >= 4 is 28.9 Å². The molecule has 2 aromatic carbocycles. The van der Waals surface area contributed by atoms with Crippen LogP contribution in [0.1, 0.15) is 62.4 Å². The van der Waals surface area contributed by atoms with E-state index in [9.17, 15) is 9.59 Å². The Labute approximate surface area is 190 Å². The molecule has 0 aliphatic carbocycles. The van der Waals surface area contributed by atoms with E-state index in [1.165, 1.54) is 23.4 Å². The Morgan fingerprint density at radius 3 is 2.50 bits per heavy atom. The van der Waals surface area contributed by atoms with Crippen LogP contribution in [0.15, 0.2) is 65.4 Å². The minimum Gasteiger partial charge on any atom is -0.361 e. The van der Waals surface area contributed by atoms with Crippen LogP contribution >= 0.6 is 0 Å². The normalized spacial score (nSPS) is 14.6. The molecule has 0 atom stereocenters. The summed E-state index contributed by atoms with van der Waals surface area (Å²) in [5.41, 5.74) is 4.53. The van der Waals surface area contributed by atoms with Crippen LogP contribution in [0.4, 0.5) is 11.4 Å². The highest BCUT2D eigenvalue weighted by Crippen LogP contribution is 2.24. The topological polar surface area (TPSA) is 73.8 Å². The Hall–Kier alpha value is -3.41.